The largest absolute Gasteiger partial charge is 0.466 e. The fraction of sp³-hybridized carbons (Fsp3) is 0.889. The van der Waals surface area contributed by atoms with Crippen LogP contribution in [0.25, 0.3) is 0 Å². The van der Waals surface area contributed by atoms with Gasteiger partial charge in [-0.3, -0.25) is 4.79 Å². The van der Waals surface area contributed by atoms with E-state index in [1.165, 1.54) is 0 Å². The lowest BCUT2D eigenvalue weighted by molar-refractivity contribution is -0.143. The van der Waals surface area contributed by atoms with Gasteiger partial charge in [0.1, 0.15) is 0 Å². The number of thiol groups is 1. The molecule has 4 heteroatoms. The third-order valence-corrected chi connectivity index (χ3v) is 1.86. The Labute approximate surface area is 85.2 Å². The van der Waals surface area contributed by atoms with Crippen LogP contribution in [0.2, 0.25) is 0 Å². The molecule has 0 aromatic rings. The Morgan fingerprint density at radius 1 is 1.23 bits per heavy atom. The molecule has 13 heavy (non-hydrogen) atoms. The Morgan fingerprint density at radius 3 is 2.54 bits per heavy atom. The number of carbonyl (C=O) groups is 1. The topological polar surface area (TPSA) is 35.5 Å². The zero-order valence-electron chi connectivity index (χ0n) is 8.12. The molecule has 0 radical (unpaired) electrons. The van der Waals surface area contributed by atoms with Gasteiger partial charge in [-0.1, -0.05) is 0 Å². The predicted molar refractivity (Wildman–Crippen MR) is 55.2 cm³/mol. The summed E-state index contributed by atoms with van der Waals surface area (Å²) in [6.45, 7) is 1.24. The highest BCUT2D eigenvalue weighted by atomic mass is 32.1. The monoisotopic (exact) mass is 206 g/mol. The third kappa shape index (κ3) is 9.70. The van der Waals surface area contributed by atoms with Crippen LogP contribution in [0.4, 0.5) is 0 Å². The fourth-order valence-electron chi connectivity index (χ4n) is 0.830. The van der Waals surface area contributed by atoms with Gasteiger partial charge >= 0.3 is 5.97 Å². The first-order valence-corrected chi connectivity index (χ1v) is 5.20. The summed E-state index contributed by atoms with van der Waals surface area (Å²) in [5.41, 5.74) is 0. The minimum Gasteiger partial charge on any atom is -0.466 e. The standard InChI is InChI=1S/C9H18O3S/c1-11-6-2-3-7-12-9(10)5-4-8-13/h13H,2-8H2,1H3. The summed E-state index contributed by atoms with van der Waals surface area (Å²) in [5.74, 6) is 0.616. The van der Waals surface area contributed by atoms with Gasteiger partial charge in [0.2, 0.25) is 0 Å². The van der Waals surface area contributed by atoms with Crippen molar-refractivity contribution in [2.24, 2.45) is 0 Å². The molecule has 0 atom stereocenters. The molecule has 0 heterocycles. The molecule has 0 saturated heterocycles. The van der Waals surface area contributed by atoms with Gasteiger partial charge in [0.05, 0.1) is 6.61 Å². The Hall–Kier alpha value is -0.220. The molecule has 0 aromatic carbocycles. The minimum atomic E-state index is -0.119. The second-order valence-electron chi connectivity index (χ2n) is 2.75. The van der Waals surface area contributed by atoms with Crippen LogP contribution in [0, 0.1) is 0 Å². The van der Waals surface area contributed by atoms with E-state index in [0.29, 0.717) is 13.0 Å². The van der Waals surface area contributed by atoms with Crippen molar-refractivity contribution in [2.75, 3.05) is 26.1 Å². The van der Waals surface area contributed by atoms with Crippen molar-refractivity contribution >= 4 is 18.6 Å². The molecule has 0 aliphatic heterocycles. The molecule has 3 nitrogen and oxygen atoms in total. The summed E-state index contributed by atoms with van der Waals surface area (Å²) in [6.07, 6.45) is 3.09. The number of ether oxygens (including phenoxy) is 2. The minimum absolute atomic E-state index is 0.119. The molecule has 0 spiro atoms. The van der Waals surface area contributed by atoms with Crippen molar-refractivity contribution in [3.63, 3.8) is 0 Å². The van der Waals surface area contributed by atoms with Crippen LogP contribution >= 0.6 is 12.6 Å². The molecule has 0 aromatic heterocycles. The van der Waals surface area contributed by atoms with Crippen LogP contribution in [0.1, 0.15) is 25.7 Å². The van der Waals surface area contributed by atoms with Crippen molar-refractivity contribution in [2.45, 2.75) is 25.7 Å². The first kappa shape index (κ1) is 12.8. The molecule has 78 valence electrons. The highest BCUT2D eigenvalue weighted by Crippen LogP contribution is 1.97. The highest BCUT2D eigenvalue weighted by Gasteiger charge is 2.00. The summed E-state index contributed by atoms with van der Waals surface area (Å²) in [4.78, 5) is 10.9. The number of methoxy groups -OCH3 is 1. The first-order chi connectivity index (χ1) is 6.31. The van der Waals surface area contributed by atoms with E-state index in [4.69, 9.17) is 9.47 Å². The van der Waals surface area contributed by atoms with Gasteiger partial charge in [0.25, 0.3) is 0 Å². The zero-order valence-corrected chi connectivity index (χ0v) is 9.02. The van der Waals surface area contributed by atoms with Gasteiger partial charge in [0.15, 0.2) is 0 Å². The number of hydrogen-bond acceptors (Lipinski definition) is 4. The van der Waals surface area contributed by atoms with Gasteiger partial charge in [-0.2, -0.15) is 12.6 Å². The number of rotatable bonds is 8. The summed E-state index contributed by atoms with van der Waals surface area (Å²) in [7, 11) is 1.67. The zero-order chi connectivity index (χ0) is 9.94. The molecule has 0 amide bonds. The molecule has 0 saturated carbocycles. The van der Waals surface area contributed by atoms with E-state index in [2.05, 4.69) is 12.6 Å². The average Bonchev–Trinajstić information content (AvgIpc) is 2.14. The maximum atomic E-state index is 10.9. The number of esters is 1. The van der Waals surface area contributed by atoms with Gasteiger partial charge in [-0.25, -0.2) is 0 Å². The van der Waals surface area contributed by atoms with E-state index in [1.54, 1.807) is 7.11 Å². The highest BCUT2D eigenvalue weighted by molar-refractivity contribution is 7.80. The SMILES string of the molecule is COCCCCOC(=O)CCCS. The van der Waals surface area contributed by atoms with E-state index in [-0.39, 0.29) is 5.97 Å². The van der Waals surface area contributed by atoms with E-state index in [9.17, 15) is 4.79 Å². The second-order valence-corrected chi connectivity index (χ2v) is 3.19. The quantitative estimate of drug-likeness (QED) is 0.373. The Kier molecular flexibility index (Phi) is 9.70. The van der Waals surface area contributed by atoms with Crippen molar-refractivity contribution in [1.82, 2.24) is 0 Å². The van der Waals surface area contributed by atoms with Crippen molar-refractivity contribution in [3.05, 3.63) is 0 Å². The summed E-state index contributed by atoms with van der Waals surface area (Å²) in [6, 6.07) is 0. The first-order valence-electron chi connectivity index (χ1n) is 4.56. The van der Waals surface area contributed by atoms with Crippen LogP contribution in [0.3, 0.4) is 0 Å². The number of carbonyl (C=O) groups excluding carboxylic acids is 1. The van der Waals surface area contributed by atoms with Gasteiger partial charge < -0.3 is 9.47 Å². The van der Waals surface area contributed by atoms with Gasteiger partial charge in [0, 0.05) is 20.1 Å². The predicted octanol–water partition coefficient (Wildman–Crippen LogP) is 1.67. The van der Waals surface area contributed by atoms with Crippen LogP contribution < -0.4 is 0 Å². The van der Waals surface area contributed by atoms with E-state index in [0.717, 1.165) is 31.6 Å². The number of unbranched alkanes of at least 4 members (excludes halogenated alkanes) is 1. The summed E-state index contributed by atoms with van der Waals surface area (Å²) in [5, 5.41) is 0. The molecule has 0 bridgehead atoms. The lowest BCUT2D eigenvalue weighted by Crippen LogP contribution is -2.06. The van der Waals surface area contributed by atoms with E-state index in [1.807, 2.05) is 0 Å². The maximum absolute atomic E-state index is 10.9. The lowest BCUT2D eigenvalue weighted by atomic mass is 10.3. The third-order valence-electron chi connectivity index (χ3n) is 1.54. The van der Waals surface area contributed by atoms with Crippen molar-refractivity contribution in [3.8, 4) is 0 Å². The van der Waals surface area contributed by atoms with Crippen molar-refractivity contribution < 1.29 is 14.3 Å². The van der Waals surface area contributed by atoms with Crippen molar-refractivity contribution in [1.29, 1.82) is 0 Å². The van der Waals surface area contributed by atoms with Gasteiger partial charge in [-0.15, -0.1) is 0 Å². The lowest BCUT2D eigenvalue weighted by Gasteiger charge is -2.03. The molecule has 0 aliphatic rings. The second kappa shape index (κ2) is 9.86. The molecule has 0 unspecified atom stereocenters. The van der Waals surface area contributed by atoms with Crippen LogP contribution in [-0.2, 0) is 14.3 Å². The van der Waals surface area contributed by atoms with Gasteiger partial charge in [-0.05, 0) is 25.0 Å². The Bertz CT molecular complexity index is 128. The van der Waals surface area contributed by atoms with Crippen LogP contribution in [-0.4, -0.2) is 32.0 Å². The maximum Gasteiger partial charge on any atom is 0.305 e. The molecular formula is C9H18O3S. The molecule has 0 N–H and O–H groups in total. The number of hydrogen-bond donors (Lipinski definition) is 1. The summed E-state index contributed by atoms with van der Waals surface area (Å²) >= 11 is 4.01. The van der Waals surface area contributed by atoms with Crippen LogP contribution in [0.5, 0.6) is 0 Å². The average molecular weight is 206 g/mol. The van der Waals surface area contributed by atoms with E-state index < -0.39 is 0 Å². The summed E-state index contributed by atoms with van der Waals surface area (Å²) < 4.78 is 9.83. The molecule has 0 fully saturated rings. The molecule has 0 rings (SSSR count). The molecule has 0 aliphatic carbocycles. The Balaban J connectivity index is 3.08. The normalized spacial score (nSPS) is 10.0. The smallest absolute Gasteiger partial charge is 0.305 e. The molecular weight excluding hydrogens is 188 g/mol. The Morgan fingerprint density at radius 2 is 1.92 bits per heavy atom. The van der Waals surface area contributed by atoms with Crippen LogP contribution in [0.15, 0.2) is 0 Å². The van der Waals surface area contributed by atoms with E-state index >= 15 is 0 Å². The fourth-order valence-corrected chi connectivity index (χ4v) is 0.988.